The summed E-state index contributed by atoms with van der Waals surface area (Å²) in [5.74, 6) is -0.761. The Balaban J connectivity index is 0.00000120. The summed E-state index contributed by atoms with van der Waals surface area (Å²) in [6.07, 6.45) is 4.68. The minimum absolute atomic E-state index is 0. The fraction of sp³-hybridized carbons (Fsp3) is 0.692. The number of fused-ring (bicyclic) bond motifs is 5. The first kappa shape index (κ1) is 13.7. The van der Waals surface area contributed by atoms with Crippen LogP contribution in [0.4, 0.5) is 0 Å². The Bertz CT molecular complexity index is 414. The van der Waals surface area contributed by atoms with Crippen molar-refractivity contribution in [3.8, 4) is 0 Å². The minimum Gasteiger partial charge on any atom is -0.359 e. The maximum absolute atomic E-state index is 12.3. The molecule has 2 bridgehead atoms. The Hall–Kier alpha value is -0.730. The lowest BCUT2D eigenvalue weighted by atomic mass is 9.73. The number of amides is 2. The smallest absolute Gasteiger partial charge is 0.236 e. The lowest BCUT2D eigenvalue weighted by molar-refractivity contribution is -0.146. The van der Waals surface area contributed by atoms with E-state index in [1.54, 1.807) is 0 Å². The zero-order valence-corrected chi connectivity index (χ0v) is 12.5. The molecule has 2 amide bonds. The van der Waals surface area contributed by atoms with Crippen LogP contribution >= 0.6 is 9.90 Å². The van der Waals surface area contributed by atoms with Crippen LogP contribution in [0.5, 0.6) is 0 Å². The third-order valence-corrected chi connectivity index (χ3v) is 4.26. The Kier molecular flexibility index (Phi) is 2.95. The van der Waals surface area contributed by atoms with Gasteiger partial charge in [0.1, 0.15) is 0 Å². The largest absolute Gasteiger partial charge is 0.359 e. The number of carbonyl (C=O) groups excluding carboxylic acids is 2. The first-order valence-electron chi connectivity index (χ1n) is 6.19. The van der Waals surface area contributed by atoms with Gasteiger partial charge in [0.15, 0.2) is 0 Å². The highest BCUT2D eigenvalue weighted by atomic mass is 31.0. The summed E-state index contributed by atoms with van der Waals surface area (Å²) in [7, 11) is 0. The molecule has 3 rings (SSSR count). The molecule has 0 radical (unpaired) electrons. The van der Waals surface area contributed by atoms with Gasteiger partial charge in [0.2, 0.25) is 11.8 Å². The van der Waals surface area contributed by atoms with Crippen molar-refractivity contribution in [2.45, 2.75) is 38.4 Å². The lowest BCUT2D eigenvalue weighted by Gasteiger charge is -2.25. The number of nitrogens with zero attached hydrogens (tertiary/aromatic N) is 1. The molecule has 2 saturated heterocycles. The maximum atomic E-state index is 12.3. The third kappa shape index (κ3) is 1.39. The summed E-state index contributed by atoms with van der Waals surface area (Å²) in [5, 5.41) is 0. The molecule has 0 aromatic heterocycles. The van der Waals surface area contributed by atoms with E-state index in [1.807, 2.05) is 32.9 Å². The van der Waals surface area contributed by atoms with Crippen LogP contribution in [0.2, 0.25) is 0 Å². The molecule has 5 heteroatoms. The van der Waals surface area contributed by atoms with Crippen LogP contribution in [0.3, 0.4) is 0 Å². The van der Waals surface area contributed by atoms with Gasteiger partial charge < -0.3 is 4.74 Å². The molecule has 0 saturated carbocycles. The van der Waals surface area contributed by atoms with E-state index in [4.69, 9.17) is 4.74 Å². The Morgan fingerprint density at radius 3 is 2.00 bits per heavy atom. The topological polar surface area (TPSA) is 46.6 Å². The molecule has 3 aliphatic rings. The molecule has 4 nitrogen and oxygen atoms in total. The van der Waals surface area contributed by atoms with Crippen molar-refractivity contribution < 1.29 is 14.3 Å². The predicted molar refractivity (Wildman–Crippen MR) is 72.1 cm³/mol. The summed E-state index contributed by atoms with van der Waals surface area (Å²) in [6.45, 7) is 6.30. The van der Waals surface area contributed by atoms with Crippen molar-refractivity contribution in [3.63, 3.8) is 0 Å². The second kappa shape index (κ2) is 3.88. The standard InChI is InChI=1S/C13H17NO3.H3P/c1-4-7-14-10(15)8-9(11(14)16)13(3)6-5-12(8,2)17-13;/h5-6,8-9H,4,7H2,1-3H3;1H3/t8-,9+,12-,13+;. The zero-order chi connectivity index (χ0) is 12.4. The van der Waals surface area contributed by atoms with Crippen molar-refractivity contribution in [2.75, 3.05) is 6.54 Å². The highest BCUT2D eigenvalue weighted by molar-refractivity contribution is 6.92. The Morgan fingerprint density at radius 1 is 1.17 bits per heavy atom. The summed E-state index contributed by atoms with van der Waals surface area (Å²) >= 11 is 0. The number of carbonyl (C=O) groups is 2. The van der Waals surface area contributed by atoms with E-state index in [1.165, 1.54) is 4.90 Å². The van der Waals surface area contributed by atoms with Gasteiger partial charge in [-0.15, -0.1) is 0 Å². The molecule has 3 heterocycles. The molecule has 3 aliphatic heterocycles. The summed E-state index contributed by atoms with van der Waals surface area (Å²) in [5.41, 5.74) is -1.18. The fourth-order valence-corrected chi connectivity index (χ4v) is 3.53. The Morgan fingerprint density at radius 2 is 1.61 bits per heavy atom. The van der Waals surface area contributed by atoms with Gasteiger partial charge in [-0.3, -0.25) is 14.5 Å². The van der Waals surface area contributed by atoms with Gasteiger partial charge in [-0.1, -0.05) is 19.1 Å². The number of hydrogen-bond donors (Lipinski definition) is 0. The second-order valence-corrected chi connectivity index (χ2v) is 5.59. The van der Waals surface area contributed by atoms with Crippen LogP contribution in [0, 0.1) is 11.8 Å². The molecule has 5 atom stereocenters. The van der Waals surface area contributed by atoms with Crippen molar-refractivity contribution in [1.82, 2.24) is 4.90 Å². The molecule has 0 aromatic rings. The van der Waals surface area contributed by atoms with E-state index in [2.05, 4.69) is 0 Å². The number of rotatable bonds is 2. The van der Waals surface area contributed by atoms with Crippen LogP contribution in [0.15, 0.2) is 12.2 Å². The van der Waals surface area contributed by atoms with Gasteiger partial charge in [-0.05, 0) is 20.3 Å². The number of imide groups is 1. The normalized spacial score (nSPS) is 44.5. The first-order valence-corrected chi connectivity index (χ1v) is 6.19. The summed E-state index contributed by atoms with van der Waals surface area (Å²) < 4.78 is 5.90. The molecular weight excluding hydrogens is 249 g/mol. The second-order valence-electron chi connectivity index (χ2n) is 5.59. The molecule has 0 aliphatic carbocycles. The van der Waals surface area contributed by atoms with Crippen LogP contribution < -0.4 is 0 Å². The average Bonchev–Trinajstić information content (AvgIpc) is 2.78. The first-order chi connectivity index (χ1) is 7.93. The molecule has 2 fully saturated rings. The van der Waals surface area contributed by atoms with Gasteiger partial charge in [0.25, 0.3) is 0 Å². The van der Waals surface area contributed by atoms with Gasteiger partial charge in [-0.25, -0.2) is 0 Å². The van der Waals surface area contributed by atoms with Gasteiger partial charge >= 0.3 is 0 Å². The van der Waals surface area contributed by atoms with Crippen LogP contribution in [-0.4, -0.2) is 34.5 Å². The fourth-order valence-electron chi connectivity index (χ4n) is 3.53. The highest BCUT2D eigenvalue weighted by Gasteiger charge is 2.70. The highest BCUT2D eigenvalue weighted by Crippen LogP contribution is 2.56. The van der Waals surface area contributed by atoms with Gasteiger partial charge in [-0.2, -0.15) is 9.90 Å². The molecule has 18 heavy (non-hydrogen) atoms. The quantitative estimate of drug-likeness (QED) is 0.429. The SMILES string of the molecule is CCCN1C(=O)[C@@H]2[C@H](C1=O)[C@@]1(C)C=C[C@]2(C)O1.P. The van der Waals surface area contributed by atoms with Gasteiger partial charge in [0.05, 0.1) is 23.0 Å². The molecule has 100 valence electrons. The average molecular weight is 269 g/mol. The van der Waals surface area contributed by atoms with E-state index in [0.29, 0.717) is 6.54 Å². The van der Waals surface area contributed by atoms with E-state index < -0.39 is 11.2 Å². The zero-order valence-electron chi connectivity index (χ0n) is 11.1. The molecule has 0 aromatic carbocycles. The van der Waals surface area contributed by atoms with Crippen molar-refractivity contribution >= 4 is 21.7 Å². The molecule has 0 spiro atoms. The van der Waals surface area contributed by atoms with E-state index >= 15 is 0 Å². The van der Waals surface area contributed by atoms with Crippen molar-refractivity contribution in [3.05, 3.63) is 12.2 Å². The summed E-state index contributed by atoms with van der Waals surface area (Å²) in [4.78, 5) is 26.0. The van der Waals surface area contributed by atoms with Crippen molar-refractivity contribution in [2.24, 2.45) is 11.8 Å². The third-order valence-electron chi connectivity index (χ3n) is 4.26. The van der Waals surface area contributed by atoms with Crippen LogP contribution in [0.25, 0.3) is 0 Å². The van der Waals surface area contributed by atoms with Crippen molar-refractivity contribution in [1.29, 1.82) is 0 Å². The van der Waals surface area contributed by atoms with E-state index in [-0.39, 0.29) is 33.5 Å². The minimum atomic E-state index is -0.589. The van der Waals surface area contributed by atoms with Crippen LogP contribution in [0.1, 0.15) is 27.2 Å². The maximum Gasteiger partial charge on any atom is 0.236 e. The number of likely N-dealkylation sites (tertiary alicyclic amines) is 1. The predicted octanol–water partition coefficient (Wildman–Crippen LogP) is 1.17. The number of ether oxygens (including phenoxy) is 1. The van der Waals surface area contributed by atoms with Gasteiger partial charge in [0, 0.05) is 6.54 Å². The molecule has 0 N–H and O–H groups in total. The van der Waals surface area contributed by atoms with Crippen LogP contribution in [-0.2, 0) is 14.3 Å². The monoisotopic (exact) mass is 269 g/mol. The lowest BCUT2D eigenvalue weighted by Crippen LogP contribution is -2.39. The van der Waals surface area contributed by atoms with E-state index in [9.17, 15) is 9.59 Å². The summed E-state index contributed by atoms with van der Waals surface area (Å²) in [6, 6.07) is 0. The Labute approximate surface area is 110 Å². The number of hydrogen-bond acceptors (Lipinski definition) is 3. The molecular formula is C13H20NO3P. The molecule has 1 unspecified atom stereocenters. The van der Waals surface area contributed by atoms with E-state index in [0.717, 1.165) is 6.42 Å².